The Morgan fingerprint density at radius 3 is 2.45 bits per heavy atom. The van der Waals surface area contributed by atoms with Crippen LogP contribution in [0.1, 0.15) is 58.1 Å². The van der Waals surface area contributed by atoms with E-state index >= 15 is 0 Å². The Balaban J connectivity index is 2.22. The third-order valence-electron chi connectivity index (χ3n) is 5.32. The molecule has 3 rings (SSSR count). The third-order valence-corrected chi connectivity index (χ3v) is 5.32. The first-order valence-corrected chi connectivity index (χ1v) is 7.95. The van der Waals surface area contributed by atoms with E-state index in [1.54, 1.807) is 0 Å². The molecule has 0 bridgehead atoms. The fourth-order valence-electron chi connectivity index (χ4n) is 4.07. The molecule has 0 spiro atoms. The summed E-state index contributed by atoms with van der Waals surface area (Å²) in [5, 5.41) is 0. The van der Waals surface area contributed by atoms with Gasteiger partial charge in [-0.1, -0.05) is 50.6 Å². The highest BCUT2D eigenvalue weighted by Gasteiger charge is 2.45. The van der Waals surface area contributed by atoms with E-state index in [9.17, 15) is 0 Å². The quantitative estimate of drug-likeness (QED) is 0.736. The van der Waals surface area contributed by atoms with Gasteiger partial charge in [-0.05, 0) is 43.4 Å². The van der Waals surface area contributed by atoms with Crippen molar-refractivity contribution in [2.24, 2.45) is 0 Å². The van der Waals surface area contributed by atoms with E-state index in [1.165, 1.54) is 40.8 Å². The summed E-state index contributed by atoms with van der Waals surface area (Å²) in [4.78, 5) is 2.66. The molecule has 0 aliphatic carbocycles. The summed E-state index contributed by atoms with van der Waals surface area (Å²) in [5.41, 5.74) is 7.69. The van der Waals surface area contributed by atoms with Crippen LogP contribution in [0.4, 0.5) is 0 Å². The highest BCUT2D eigenvalue weighted by molar-refractivity contribution is 5.77. The zero-order chi connectivity index (χ0) is 14.3. The van der Waals surface area contributed by atoms with Gasteiger partial charge in [-0.3, -0.25) is 0 Å². The number of allylic oxidation sites excluding steroid dienone is 2. The standard InChI is InChI=1S/C19H25N/c1-5-15-12-18-16-10-8-9-11-17(16)19(6-2,7-3)20(18)13-14(15)4/h8-12H,5-7,13H2,1-4H3. The molecule has 0 saturated carbocycles. The molecule has 2 heterocycles. The van der Waals surface area contributed by atoms with Crippen LogP contribution in [0.2, 0.25) is 0 Å². The minimum atomic E-state index is 0.197. The molecule has 1 aromatic carbocycles. The van der Waals surface area contributed by atoms with E-state index < -0.39 is 0 Å². The van der Waals surface area contributed by atoms with Crippen LogP contribution in [-0.4, -0.2) is 11.4 Å². The summed E-state index contributed by atoms with van der Waals surface area (Å²) in [7, 11) is 0. The fourth-order valence-corrected chi connectivity index (χ4v) is 4.07. The lowest BCUT2D eigenvalue weighted by molar-refractivity contribution is 0.169. The van der Waals surface area contributed by atoms with Crippen molar-refractivity contribution >= 4 is 5.70 Å². The Labute approximate surface area is 123 Å². The van der Waals surface area contributed by atoms with Crippen LogP contribution in [0.25, 0.3) is 5.70 Å². The first kappa shape index (κ1) is 13.5. The molecule has 0 amide bonds. The number of nitrogens with zero attached hydrogens (tertiary/aromatic N) is 1. The molecule has 2 aliphatic heterocycles. The van der Waals surface area contributed by atoms with E-state index in [-0.39, 0.29) is 5.54 Å². The van der Waals surface area contributed by atoms with Crippen LogP contribution < -0.4 is 0 Å². The monoisotopic (exact) mass is 267 g/mol. The largest absolute Gasteiger partial charge is 0.357 e. The molecule has 20 heavy (non-hydrogen) atoms. The molecule has 0 fully saturated rings. The maximum absolute atomic E-state index is 2.66. The Morgan fingerprint density at radius 1 is 1.10 bits per heavy atom. The van der Waals surface area contributed by atoms with Crippen molar-refractivity contribution in [2.45, 2.75) is 52.5 Å². The summed E-state index contributed by atoms with van der Waals surface area (Å²) >= 11 is 0. The summed E-state index contributed by atoms with van der Waals surface area (Å²) < 4.78 is 0. The minimum absolute atomic E-state index is 0.197. The second kappa shape index (κ2) is 4.80. The van der Waals surface area contributed by atoms with Crippen molar-refractivity contribution in [2.75, 3.05) is 6.54 Å². The number of fused-ring (bicyclic) bond motifs is 3. The molecule has 0 saturated heterocycles. The van der Waals surface area contributed by atoms with Crippen molar-refractivity contribution in [1.29, 1.82) is 0 Å². The molecule has 0 atom stereocenters. The van der Waals surface area contributed by atoms with Gasteiger partial charge in [0.05, 0.1) is 5.54 Å². The molecule has 1 heteroatoms. The van der Waals surface area contributed by atoms with Gasteiger partial charge in [-0.25, -0.2) is 0 Å². The second-order valence-corrected chi connectivity index (χ2v) is 6.06. The lowest BCUT2D eigenvalue weighted by Gasteiger charge is -2.42. The zero-order valence-electron chi connectivity index (χ0n) is 13.2. The summed E-state index contributed by atoms with van der Waals surface area (Å²) in [6, 6.07) is 9.01. The summed E-state index contributed by atoms with van der Waals surface area (Å²) in [5.74, 6) is 0. The third kappa shape index (κ3) is 1.62. The van der Waals surface area contributed by atoms with Crippen LogP contribution in [0.15, 0.2) is 41.5 Å². The molecular formula is C19H25N. The number of benzene rings is 1. The van der Waals surface area contributed by atoms with Gasteiger partial charge < -0.3 is 4.90 Å². The van der Waals surface area contributed by atoms with Crippen LogP contribution in [-0.2, 0) is 5.54 Å². The summed E-state index contributed by atoms with van der Waals surface area (Å²) in [6.07, 6.45) is 5.92. The van der Waals surface area contributed by atoms with Gasteiger partial charge in [0.25, 0.3) is 0 Å². The van der Waals surface area contributed by atoms with E-state index in [1.807, 2.05) is 0 Å². The molecule has 0 aromatic heterocycles. The minimum Gasteiger partial charge on any atom is -0.357 e. The highest BCUT2D eigenvalue weighted by Crippen LogP contribution is 2.51. The number of hydrogen-bond acceptors (Lipinski definition) is 1. The van der Waals surface area contributed by atoms with Crippen molar-refractivity contribution in [3.8, 4) is 0 Å². The maximum Gasteiger partial charge on any atom is 0.0658 e. The molecule has 0 radical (unpaired) electrons. The van der Waals surface area contributed by atoms with Gasteiger partial charge >= 0.3 is 0 Å². The Morgan fingerprint density at radius 2 is 1.80 bits per heavy atom. The van der Waals surface area contributed by atoms with E-state index in [4.69, 9.17) is 0 Å². The van der Waals surface area contributed by atoms with E-state index in [0.717, 1.165) is 13.0 Å². The van der Waals surface area contributed by atoms with Gasteiger partial charge in [0.2, 0.25) is 0 Å². The highest BCUT2D eigenvalue weighted by atomic mass is 15.2. The van der Waals surface area contributed by atoms with Crippen LogP contribution in [0, 0.1) is 0 Å². The van der Waals surface area contributed by atoms with Gasteiger partial charge in [0, 0.05) is 17.8 Å². The van der Waals surface area contributed by atoms with Gasteiger partial charge in [0.15, 0.2) is 0 Å². The Bertz CT molecular complexity index is 588. The average Bonchev–Trinajstić information content (AvgIpc) is 2.76. The van der Waals surface area contributed by atoms with Gasteiger partial charge in [0.1, 0.15) is 0 Å². The predicted molar refractivity (Wildman–Crippen MR) is 86.4 cm³/mol. The second-order valence-electron chi connectivity index (χ2n) is 6.06. The van der Waals surface area contributed by atoms with Crippen LogP contribution in [0.3, 0.4) is 0 Å². The Kier molecular flexibility index (Phi) is 3.24. The molecule has 106 valence electrons. The van der Waals surface area contributed by atoms with E-state index in [0.29, 0.717) is 0 Å². The predicted octanol–water partition coefficient (Wildman–Crippen LogP) is 5.10. The molecule has 0 N–H and O–H groups in total. The topological polar surface area (TPSA) is 3.24 Å². The SMILES string of the molecule is CCC1=C(C)CN2C(=C1)c1ccccc1C2(CC)CC. The lowest BCUT2D eigenvalue weighted by atomic mass is 9.84. The average molecular weight is 267 g/mol. The van der Waals surface area contributed by atoms with Gasteiger partial charge in [-0.15, -0.1) is 0 Å². The maximum atomic E-state index is 2.66. The molecular weight excluding hydrogens is 242 g/mol. The lowest BCUT2D eigenvalue weighted by Crippen LogP contribution is -2.41. The molecule has 1 aromatic rings. The zero-order valence-corrected chi connectivity index (χ0v) is 13.2. The fraction of sp³-hybridized carbons (Fsp3) is 0.474. The van der Waals surface area contributed by atoms with Crippen molar-refractivity contribution in [3.05, 3.63) is 52.6 Å². The Hall–Kier alpha value is -1.50. The van der Waals surface area contributed by atoms with Crippen LogP contribution in [0.5, 0.6) is 0 Å². The van der Waals surface area contributed by atoms with Crippen molar-refractivity contribution in [1.82, 2.24) is 4.90 Å². The number of hydrogen-bond donors (Lipinski definition) is 0. The number of rotatable bonds is 3. The first-order chi connectivity index (χ1) is 9.67. The molecule has 2 aliphatic rings. The van der Waals surface area contributed by atoms with Gasteiger partial charge in [-0.2, -0.15) is 0 Å². The normalized spacial score (nSPS) is 19.8. The van der Waals surface area contributed by atoms with Crippen molar-refractivity contribution < 1.29 is 0 Å². The summed E-state index contributed by atoms with van der Waals surface area (Å²) in [6.45, 7) is 10.3. The van der Waals surface area contributed by atoms with Crippen LogP contribution >= 0.6 is 0 Å². The van der Waals surface area contributed by atoms with E-state index in [2.05, 4.69) is 62.9 Å². The molecule has 1 nitrogen and oxygen atoms in total. The van der Waals surface area contributed by atoms with Crippen molar-refractivity contribution in [3.63, 3.8) is 0 Å². The smallest absolute Gasteiger partial charge is 0.0658 e. The first-order valence-electron chi connectivity index (χ1n) is 7.95. The molecule has 0 unspecified atom stereocenters.